The van der Waals surface area contributed by atoms with E-state index >= 15 is 0 Å². The first-order chi connectivity index (χ1) is 10.3. The van der Waals surface area contributed by atoms with Gasteiger partial charge in [0, 0.05) is 19.2 Å². The second kappa shape index (κ2) is 8.00. The fourth-order valence-corrected chi connectivity index (χ4v) is 1.85. The van der Waals surface area contributed by atoms with Gasteiger partial charge in [-0.3, -0.25) is 9.59 Å². The number of rotatable bonds is 8. The predicted octanol–water partition coefficient (Wildman–Crippen LogP) is 2.80. The molecule has 0 fully saturated rings. The van der Waals surface area contributed by atoms with Gasteiger partial charge in [-0.1, -0.05) is 11.6 Å². The second-order valence-electron chi connectivity index (χ2n) is 5.40. The number of carboxylic acids is 1. The van der Waals surface area contributed by atoms with Crippen LogP contribution in [0.3, 0.4) is 0 Å². The Labute approximate surface area is 134 Å². The van der Waals surface area contributed by atoms with E-state index < -0.39 is 17.3 Å². The van der Waals surface area contributed by atoms with E-state index in [1.165, 1.54) is 13.8 Å². The zero-order chi connectivity index (χ0) is 16.8. The highest BCUT2D eigenvalue weighted by atomic mass is 35.5. The van der Waals surface area contributed by atoms with Crippen LogP contribution >= 0.6 is 11.6 Å². The molecule has 22 heavy (non-hydrogen) atoms. The summed E-state index contributed by atoms with van der Waals surface area (Å²) in [6.07, 6.45) is -0.133. The Balaban J connectivity index is 2.65. The van der Waals surface area contributed by atoms with Gasteiger partial charge in [0.2, 0.25) is 5.91 Å². The van der Waals surface area contributed by atoms with Crippen LogP contribution in [0.4, 0.5) is 5.69 Å². The fourth-order valence-electron chi connectivity index (χ4n) is 1.61. The zero-order valence-electron chi connectivity index (χ0n) is 12.8. The summed E-state index contributed by atoms with van der Waals surface area (Å²) < 4.78 is 10.3. The molecule has 6 nitrogen and oxygen atoms in total. The van der Waals surface area contributed by atoms with Gasteiger partial charge in [0.25, 0.3) is 0 Å². The van der Waals surface area contributed by atoms with Crippen LogP contribution in [0.15, 0.2) is 18.2 Å². The van der Waals surface area contributed by atoms with Crippen molar-refractivity contribution < 1.29 is 24.2 Å². The van der Waals surface area contributed by atoms with Gasteiger partial charge >= 0.3 is 5.97 Å². The summed E-state index contributed by atoms with van der Waals surface area (Å²) in [4.78, 5) is 22.9. The number of carbonyl (C=O) groups excluding carboxylic acids is 1. The number of benzene rings is 1. The van der Waals surface area contributed by atoms with Crippen LogP contribution in [0.1, 0.15) is 20.3 Å². The monoisotopic (exact) mass is 329 g/mol. The molecule has 122 valence electrons. The number of aliphatic carboxylic acids is 1. The minimum absolute atomic E-state index is 0.133. The summed E-state index contributed by atoms with van der Waals surface area (Å²) in [5.74, 6) is -0.929. The van der Waals surface area contributed by atoms with E-state index in [1.54, 1.807) is 25.3 Å². The van der Waals surface area contributed by atoms with Crippen LogP contribution in [0.2, 0.25) is 5.02 Å². The van der Waals surface area contributed by atoms with Gasteiger partial charge in [-0.05, 0) is 32.0 Å². The Morgan fingerprint density at radius 3 is 2.55 bits per heavy atom. The van der Waals surface area contributed by atoms with Crippen molar-refractivity contribution >= 4 is 29.2 Å². The number of methoxy groups -OCH3 is 1. The molecule has 0 saturated heterocycles. The third-order valence-electron chi connectivity index (χ3n) is 2.94. The minimum Gasteiger partial charge on any atom is -0.490 e. The van der Waals surface area contributed by atoms with Crippen LogP contribution in [0.25, 0.3) is 0 Å². The molecule has 0 aromatic heterocycles. The van der Waals surface area contributed by atoms with Gasteiger partial charge in [-0.2, -0.15) is 0 Å². The third kappa shape index (κ3) is 5.54. The Morgan fingerprint density at radius 1 is 1.32 bits per heavy atom. The topological polar surface area (TPSA) is 84.9 Å². The summed E-state index contributed by atoms with van der Waals surface area (Å²) in [5.41, 5.74) is -0.646. The van der Waals surface area contributed by atoms with E-state index in [1.807, 2.05) is 0 Å². The first-order valence-corrected chi connectivity index (χ1v) is 7.08. The average Bonchev–Trinajstić information content (AvgIpc) is 2.40. The van der Waals surface area contributed by atoms with Crippen molar-refractivity contribution in [2.45, 2.75) is 20.3 Å². The highest BCUT2D eigenvalue weighted by Gasteiger charge is 2.30. The fraction of sp³-hybridized carbons (Fsp3) is 0.467. The summed E-state index contributed by atoms with van der Waals surface area (Å²) >= 11 is 6.06. The van der Waals surface area contributed by atoms with Crippen LogP contribution in [0, 0.1) is 5.41 Å². The molecular weight excluding hydrogens is 310 g/mol. The second-order valence-corrected chi connectivity index (χ2v) is 5.81. The van der Waals surface area contributed by atoms with Crippen LogP contribution in [-0.2, 0) is 14.3 Å². The van der Waals surface area contributed by atoms with Crippen LogP contribution in [0.5, 0.6) is 5.75 Å². The quantitative estimate of drug-likeness (QED) is 0.716. The van der Waals surface area contributed by atoms with E-state index in [0.717, 1.165) is 0 Å². The van der Waals surface area contributed by atoms with Crippen molar-refractivity contribution in [3.63, 3.8) is 0 Å². The number of carbonyl (C=O) groups is 2. The standard InChI is InChI=1S/C15H20ClNO5/c1-15(2,14(19)20)9-13(18)17-10-4-5-12(11(16)8-10)22-7-6-21-3/h4-5,8H,6-7,9H2,1-3H3,(H,17,18)(H,19,20). The van der Waals surface area contributed by atoms with E-state index in [-0.39, 0.29) is 6.42 Å². The van der Waals surface area contributed by atoms with Crippen molar-refractivity contribution in [1.29, 1.82) is 0 Å². The number of ether oxygens (including phenoxy) is 2. The molecule has 7 heteroatoms. The van der Waals surface area contributed by atoms with Crippen molar-refractivity contribution in [3.05, 3.63) is 23.2 Å². The lowest BCUT2D eigenvalue weighted by atomic mass is 9.89. The number of amides is 1. The van der Waals surface area contributed by atoms with E-state index in [0.29, 0.717) is 29.7 Å². The molecule has 1 rings (SSSR count). The van der Waals surface area contributed by atoms with Gasteiger partial charge < -0.3 is 19.9 Å². The molecule has 2 N–H and O–H groups in total. The third-order valence-corrected chi connectivity index (χ3v) is 3.24. The lowest BCUT2D eigenvalue weighted by Crippen LogP contribution is -2.29. The van der Waals surface area contributed by atoms with Crippen molar-refractivity contribution in [1.82, 2.24) is 0 Å². The Hall–Kier alpha value is -1.79. The van der Waals surface area contributed by atoms with Gasteiger partial charge in [-0.15, -0.1) is 0 Å². The van der Waals surface area contributed by atoms with Gasteiger partial charge in [0.05, 0.1) is 17.0 Å². The molecule has 0 unspecified atom stereocenters. The summed E-state index contributed by atoms with van der Waals surface area (Å²) in [6, 6.07) is 4.82. The largest absolute Gasteiger partial charge is 0.490 e. The molecule has 0 aliphatic carbocycles. The SMILES string of the molecule is COCCOc1ccc(NC(=O)CC(C)(C)C(=O)O)cc1Cl. The number of nitrogens with one attached hydrogen (secondary N) is 1. The van der Waals surface area contributed by atoms with Gasteiger partial charge in [0.15, 0.2) is 0 Å². The van der Waals surface area contributed by atoms with E-state index in [2.05, 4.69) is 5.32 Å². The number of halogens is 1. The lowest BCUT2D eigenvalue weighted by Gasteiger charge is -2.18. The first kappa shape index (κ1) is 18.3. The first-order valence-electron chi connectivity index (χ1n) is 6.71. The number of anilines is 1. The normalized spacial score (nSPS) is 11.1. The Bertz CT molecular complexity index is 545. The molecule has 0 bridgehead atoms. The molecule has 1 aromatic rings. The Kier molecular flexibility index (Phi) is 6.64. The summed E-state index contributed by atoms with van der Waals surface area (Å²) in [5, 5.41) is 12.0. The number of hydrogen-bond acceptors (Lipinski definition) is 4. The van der Waals surface area contributed by atoms with Crippen LogP contribution < -0.4 is 10.1 Å². The summed E-state index contributed by atoms with van der Waals surface area (Å²) in [7, 11) is 1.57. The smallest absolute Gasteiger partial charge is 0.309 e. The number of carboxylic acid groups (broad SMARTS) is 1. The molecule has 0 aliphatic heterocycles. The lowest BCUT2D eigenvalue weighted by molar-refractivity contribution is -0.148. The molecule has 1 amide bonds. The Morgan fingerprint density at radius 2 is 2.00 bits per heavy atom. The highest BCUT2D eigenvalue weighted by molar-refractivity contribution is 6.32. The molecule has 0 saturated carbocycles. The van der Waals surface area contributed by atoms with Crippen molar-refractivity contribution in [3.8, 4) is 5.75 Å². The molecular formula is C15H20ClNO5. The van der Waals surface area contributed by atoms with Crippen molar-refractivity contribution in [2.75, 3.05) is 25.6 Å². The molecule has 1 aromatic carbocycles. The summed E-state index contributed by atoms with van der Waals surface area (Å²) in [6.45, 7) is 3.80. The van der Waals surface area contributed by atoms with E-state index in [9.17, 15) is 9.59 Å². The van der Waals surface area contributed by atoms with Gasteiger partial charge in [-0.25, -0.2) is 0 Å². The molecule has 0 spiro atoms. The van der Waals surface area contributed by atoms with Gasteiger partial charge in [0.1, 0.15) is 12.4 Å². The maximum Gasteiger partial charge on any atom is 0.309 e. The van der Waals surface area contributed by atoms with Crippen LogP contribution in [-0.4, -0.2) is 37.3 Å². The molecule has 0 radical (unpaired) electrons. The maximum absolute atomic E-state index is 11.9. The molecule has 0 atom stereocenters. The maximum atomic E-state index is 11.9. The minimum atomic E-state index is -1.13. The predicted molar refractivity (Wildman–Crippen MR) is 83.5 cm³/mol. The van der Waals surface area contributed by atoms with Crippen molar-refractivity contribution in [2.24, 2.45) is 5.41 Å². The number of hydrogen-bond donors (Lipinski definition) is 2. The highest BCUT2D eigenvalue weighted by Crippen LogP contribution is 2.28. The average molecular weight is 330 g/mol. The zero-order valence-corrected chi connectivity index (χ0v) is 13.6. The molecule has 0 aliphatic rings. The van der Waals surface area contributed by atoms with E-state index in [4.69, 9.17) is 26.2 Å². The molecule has 0 heterocycles.